The summed E-state index contributed by atoms with van der Waals surface area (Å²) in [4.78, 5) is 11.1. The third-order valence-corrected chi connectivity index (χ3v) is 4.13. The van der Waals surface area contributed by atoms with Gasteiger partial charge in [-0.15, -0.1) is 0 Å². The van der Waals surface area contributed by atoms with E-state index in [1.54, 1.807) is 12.1 Å². The number of nitrogens with two attached hydrogens (primary N) is 1. The fraction of sp³-hybridized carbons (Fsp3) is 0.278. The quantitative estimate of drug-likeness (QED) is 0.843. The number of hydrogen-bond acceptors (Lipinski definition) is 2. The van der Waals surface area contributed by atoms with E-state index in [0.29, 0.717) is 11.6 Å². The van der Waals surface area contributed by atoms with Gasteiger partial charge in [-0.2, -0.15) is 0 Å². The molecular weight excluding hydrogens is 260 g/mol. The van der Waals surface area contributed by atoms with Gasteiger partial charge in [-0.05, 0) is 54.7 Å². The maximum absolute atomic E-state index is 11.1. The summed E-state index contributed by atoms with van der Waals surface area (Å²) in [6.45, 7) is 0. The van der Waals surface area contributed by atoms with Crippen molar-refractivity contribution >= 4 is 11.6 Å². The lowest BCUT2D eigenvalue weighted by molar-refractivity contribution is 0.100. The van der Waals surface area contributed by atoms with Crippen molar-refractivity contribution in [3.63, 3.8) is 0 Å². The minimum absolute atomic E-state index is 0.336. The first-order valence-electron chi connectivity index (χ1n) is 7.48. The Bertz CT molecular complexity index is 634. The number of fused-ring (bicyclic) bond motifs is 1. The second-order valence-corrected chi connectivity index (χ2v) is 5.58. The number of primary amides is 1. The second-order valence-electron chi connectivity index (χ2n) is 5.58. The monoisotopic (exact) mass is 280 g/mol. The maximum Gasteiger partial charge on any atom is 0.248 e. The van der Waals surface area contributed by atoms with Gasteiger partial charge in [0.15, 0.2) is 0 Å². The van der Waals surface area contributed by atoms with Crippen LogP contribution in [-0.2, 0) is 6.42 Å². The summed E-state index contributed by atoms with van der Waals surface area (Å²) in [6, 6.07) is 16.4. The highest BCUT2D eigenvalue weighted by molar-refractivity contribution is 5.93. The highest BCUT2D eigenvalue weighted by atomic mass is 16.1. The number of benzene rings is 2. The first kappa shape index (κ1) is 13.7. The number of carbonyl (C=O) groups is 1. The first-order chi connectivity index (χ1) is 10.2. The molecule has 1 aliphatic carbocycles. The Morgan fingerprint density at radius 1 is 1.05 bits per heavy atom. The van der Waals surface area contributed by atoms with Crippen LogP contribution in [0.2, 0.25) is 0 Å². The SMILES string of the molecule is NC(=O)c1ccc(NC2CCCCc3ccccc32)cc1. The summed E-state index contributed by atoms with van der Waals surface area (Å²) in [7, 11) is 0. The maximum atomic E-state index is 11.1. The number of amides is 1. The van der Waals surface area contributed by atoms with Crippen molar-refractivity contribution in [1.82, 2.24) is 0 Å². The topological polar surface area (TPSA) is 55.1 Å². The molecule has 108 valence electrons. The number of nitrogens with one attached hydrogen (secondary N) is 1. The summed E-state index contributed by atoms with van der Waals surface area (Å²) < 4.78 is 0. The fourth-order valence-corrected chi connectivity index (χ4v) is 3.00. The molecule has 0 spiro atoms. The van der Waals surface area contributed by atoms with E-state index in [1.807, 2.05) is 12.1 Å². The van der Waals surface area contributed by atoms with Gasteiger partial charge in [0.2, 0.25) is 5.91 Å². The Morgan fingerprint density at radius 3 is 2.57 bits per heavy atom. The van der Waals surface area contributed by atoms with E-state index in [-0.39, 0.29) is 5.91 Å². The zero-order valence-corrected chi connectivity index (χ0v) is 12.0. The summed E-state index contributed by atoms with van der Waals surface area (Å²) in [5.74, 6) is -0.388. The molecule has 0 aromatic heterocycles. The molecule has 2 aromatic rings. The van der Waals surface area contributed by atoms with Crippen LogP contribution in [-0.4, -0.2) is 5.91 Å². The van der Waals surface area contributed by atoms with E-state index < -0.39 is 0 Å². The van der Waals surface area contributed by atoms with E-state index in [4.69, 9.17) is 5.73 Å². The van der Waals surface area contributed by atoms with Crippen molar-refractivity contribution in [2.45, 2.75) is 31.7 Å². The molecule has 0 saturated heterocycles. The molecule has 0 aliphatic heterocycles. The molecule has 3 heteroatoms. The predicted molar refractivity (Wildman–Crippen MR) is 85.3 cm³/mol. The molecule has 1 amide bonds. The van der Waals surface area contributed by atoms with Crippen LogP contribution < -0.4 is 11.1 Å². The van der Waals surface area contributed by atoms with Gasteiger partial charge in [-0.25, -0.2) is 0 Å². The van der Waals surface area contributed by atoms with E-state index >= 15 is 0 Å². The van der Waals surface area contributed by atoms with Crippen LogP contribution in [0.25, 0.3) is 0 Å². The molecule has 0 saturated carbocycles. The largest absolute Gasteiger partial charge is 0.378 e. The minimum Gasteiger partial charge on any atom is -0.378 e. The van der Waals surface area contributed by atoms with Crippen LogP contribution >= 0.6 is 0 Å². The standard InChI is InChI=1S/C18H20N2O/c19-18(21)14-9-11-15(12-10-14)20-17-8-4-2-6-13-5-1-3-7-16(13)17/h1,3,5,7,9-12,17,20H,2,4,6,8H2,(H2,19,21). The Hall–Kier alpha value is -2.29. The molecule has 0 radical (unpaired) electrons. The van der Waals surface area contributed by atoms with Gasteiger partial charge in [0, 0.05) is 11.3 Å². The van der Waals surface area contributed by atoms with Crippen molar-refractivity contribution in [2.75, 3.05) is 5.32 Å². The normalized spacial score (nSPS) is 17.6. The van der Waals surface area contributed by atoms with Gasteiger partial charge in [0.1, 0.15) is 0 Å². The molecule has 1 aliphatic rings. The van der Waals surface area contributed by atoms with Crippen LogP contribution in [0.15, 0.2) is 48.5 Å². The van der Waals surface area contributed by atoms with Gasteiger partial charge in [-0.3, -0.25) is 4.79 Å². The highest BCUT2D eigenvalue weighted by Gasteiger charge is 2.18. The Kier molecular flexibility index (Phi) is 3.91. The van der Waals surface area contributed by atoms with Gasteiger partial charge < -0.3 is 11.1 Å². The second kappa shape index (κ2) is 6.00. The van der Waals surface area contributed by atoms with Crippen LogP contribution in [0.3, 0.4) is 0 Å². The molecule has 3 nitrogen and oxygen atoms in total. The van der Waals surface area contributed by atoms with Gasteiger partial charge in [-0.1, -0.05) is 30.7 Å². The Labute approximate surface area is 125 Å². The van der Waals surface area contributed by atoms with Crippen molar-refractivity contribution in [3.8, 4) is 0 Å². The van der Waals surface area contributed by atoms with Crippen LogP contribution in [0.1, 0.15) is 46.8 Å². The molecule has 21 heavy (non-hydrogen) atoms. The lowest BCUT2D eigenvalue weighted by Crippen LogP contribution is -2.13. The Morgan fingerprint density at radius 2 is 1.81 bits per heavy atom. The molecule has 1 atom stereocenters. The molecule has 3 N–H and O–H groups in total. The third kappa shape index (κ3) is 3.07. The first-order valence-corrected chi connectivity index (χ1v) is 7.48. The van der Waals surface area contributed by atoms with Crippen molar-refractivity contribution in [3.05, 3.63) is 65.2 Å². The summed E-state index contributed by atoms with van der Waals surface area (Å²) in [5.41, 5.74) is 9.69. The van der Waals surface area contributed by atoms with Gasteiger partial charge in [0.05, 0.1) is 6.04 Å². The molecule has 0 fully saturated rings. The van der Waals surface area contributed by atoms with Crippen molar-refractivity contribution < 1.29 is 4.79 Å². The zero-order chi connectivity index (χ0) is 14.7. The molecular formula is C18H20N2O. The number of aryl methyl sites for hydroxylation is 1. The smallest absolute Gasteiger partial charge is 0.248 e. The van der Waals surface area contributed by atoms with E-state index in [1.165, 1.54) is 24.0 Å². The van der Waals surface area contributed by atoms with Crippen LogP contribution in [0.5, 0.6) is 0 Å². The van der Waals surface area contributed by atoms with E-state index in [9.17, 15) is 4.79 Å². The number of anilines is 1. The third-order valence-electron chi connectivity index (χ3n) is 4.13. The van der Waals surface area contributed by atoms with Crippen molar-refractivity contribution in [1.29, 1.82) is 0 Å². The Balaban J connectivity index is 1.82. The van der Waals surface area contributed by atoms with Crippen LogP contribution in [0, 0.1) is 0 Å². The molecule has 2 aromatic carbocycles. The molecule has 1 unspecified atom stereocenters. The average Bonchev–Trinajstić information content (AvgIpc) is 2.71. The lowest BCUT2D eigenvalue weighted by atomic mass is 9.99. The summed E-state index contributed by atoms with van der Waals surface area (Å²) in [6.07, 6.45) is 4.77. The molecule has 0 bridgehead atoms. The van der Waals surface area contributed by atoms with Gasteiger partial charge in [0.25, 0.3) is 0 Å². The molecule has 0 heterocycles. The highest BCUT2D eigenvalue weighted by Crippen LogP contribution is 2.31. The zero-order valence-electron chi connectivity index (χ0n) is 12.0. The fourth-order valence-electron chi connectivity index (χ4n) is 3.00. The van der Waals surface area contributed by atoms with Crippen LogP contribution in [0.4, 0.5) is 5.69 Å². The van der Waals surface area contributed by atoms with Gasteiger partial charge >= 0.3 is 0 Å². The average molecular weight is 280 g/mol. The minimum atomic E-state index is -0.388. The number of carbonyl (C=O) groups excluding carboxylic acids is 1. The number of rotatable bonds is 3. The summed E-state index contributed by atoms with van der Waals surface area (Å²) in [5, 5.41) is 3.59. The summed E-state index contributed by atoms with van der Waals surface area (Å²) >= 11 is 0. The predicted octanol–water partition coefficient (Wildman–Crippen LogP) is 3.67. The number of hydrogen-bond donors (Lipinski definition) is 2. The van der Waals surface area contributed by atoms with E-state index in [0.717, 1.165) is 18.5 Å². The molecule has 3 rings (SSSR count). The van der Waals surface area contributed by atoms with Crippen molar-refractivity contribution in [2.24, 2.45) is 5.73 Å². The lowest BCUT2D eigenvalue weighted by Gasteiger charge is -2.20. The van der Waals surface area contributed by atoms with E-state index in [2.05, 4.69) is 29.6 Å².